The largest absolute Gasteiger partial charge is 0.355 e. The van der Waals surface area contributed by atoms with Crippen molar-refractivity contribution < 1.29 is 4.79 Å². The van der Waals surface area contributed by atoms with Gasteiger partial charge in [-0.15, -0.1) is 11.3 Å². The maximum atomic E-state index is 13.6. The molecule has 8 nitrogen and oxygen atoms in total. The summed E-state index contributed by atoms with van der Waals surface area (Å²) in [5, 5.41) is 12.9. The summed E-state index contributed by atoms with van der Waals surface area (Å²) in [5.41, 5.74) is 2.38. The number of hydrogen-bond donors (Lipinski definition) is 3. The topological polar surface area (TPSA) is 96.8 Å². The van der Waals surface area contributed by atoms with Crippen molar-refractivity contribution in [2.45, 2.75) is 19.1 Å². The van der Waals surface area contributed by atoms with Crippen LogP contribution in [0.5, 0.6) is 0 Å². The number of carbonyl (C=O) groups is 1. The molecule has 3 aromatic heterocycles. The minimum absolute atomic E-state index is 0.252. The lowest BCUT2D eigenvalue weighted by molar-refractivity contribution is -0.120. The van der Waals surface area contributed by atoms with Crippen molar-refractivity contribution in [3.63, 3.8) is 0 Å². The van der Waals surface area contributed by atoms with E-state index < -0.39 is 6.04 Å². The number of nitrogens with zero attached hydrogens (tertiary/aromatic N) is 4. The van der Waals surface area contributed by atoms with Gasteiger partial charge in [0.25, 0.3) is 0 Å². The number of anilines is 2. The SMILES string of the molecule is C=C(c1cccs1)[C@@H](Nc1cc(-n2ccnc2)nc(NCc2cccc(Cl)c2)n1)C(=O)NCc1ccc(Cl)c(Cl)c1. The first kappa shape index (κ1) is 28.6. The van der Waals surface area contributed by atoms with E-state index in [-0.39, 0.29) is 12.5 Å². The van der Waals surface area contributed by atoms with Crippen LogP contribution in [0.1, 0.15) is 16.0 Å². The number of amides is 1. The Morgan fingerprint density at radius 2 is 1.83 bits per heavy atom. The van der Waals surface area contributed by atoms with E-state index in [2.05, 4.69) is 37.5 Å². The number of halogens is 3. The molecule has 41 heavy (non-hydrogen) atoms. The molecule has 0 aliphatic rings. The molecular formula is C29H24Cl3N7OS. The van der Waals surface area contributed by atoms with E-state index in [0.717, 1.165) is 16.0 Å². The van der Waals surface area contributed by atoms with Gasteiger partial charge in [-0.05, 0) is 52.4 Å². The zero-order valence-corrected chi connectivity index (χ0v) is 24.6. The first-order valence-corrected chi connectivity index (χ1v) is 14.4. The molecule has 1 amide bonds. The Labute approximate surface area is 256 Å². The minimum Gasteiger partial charge on any atom is -0.355 e. The number of hydrogen-bond acceptors (Lipinski definition) is 7. The van der Waals surface area contributed by atoms with Gasteiger partial charge in [-0.2, -0.15) is 9.97 Å². The third-order valence-corrected chi connectivity index (χ3v) is 7.93. The Hall–Kier alpha value is -3.89. The van der Waals surface area contributed by atoms with Gasteiger partial charge < -0.3 is 16.0 Å². The zero-order valence-electron chi connectivity index (χ0n) is 21.5. The summed E-state index contributed by atoms with van der Waals surface area (Å²) >= 11 is 19.8. The highest BCUT2D eigenvalue weighted by atomic mass is 35.5. The summed E-state index contributed by atoms with van der Waals surface area (Å²) in [6.07, 6.45) is 5.07. The predicted molar refractivity (Wildman–Crippen MR) is 167 cm³/mol. The summed E-state index contributed by atoms with van der Waals surface area (Å²) in [7, 11) is 0. The first-order valence-electron chi connectivity index (χ1n) is 12.4. The average Bonchev–Trinajstić information content (AvgIpc) is 3.70. The maximum absolute atomic E-state index is 13.6. The minimum atomic E-state index is -0.831. The van der Waals surface area contributed by atoms with Crippen molar-refractivity contribution in [3.8, 4) is 5.82 Å². The third kappa shape index (κ3) is 7.45. The van der Waals surface area contributed by atoms with Gasteiger partial charge in [-0.25, -0.2) is 4.98 Å². The standard InChI is InChI=1S/C29H24Cl3N7OS/c1-18(24-6-3-11-41-24)27(28(40)34-15-20-7-8-22(31)23(32)13-20)36-25-14-26(39-10-9-33-17-39)38-29(37-25)35-16-19-4-2-5-21(30)12-19/h2-14,17,27H,1,15-16H2,(H,34,40)(H2,35,36,37,38)/t27-/m1/s1. The zero-order chi connectivity index (χ0) is 28.8. The van der Waals surface area contributed by atoms with Crippen LogP contribution < -0.4 is 16.0 Å². The lowest BCUT2D eigenvalue weighted by atomic mass is 10.1. The van der Waals surface area contributed by atoms with E-state index in [0.29, 0.717) is 44.8 Å². The molecule has 3 N–H and O–H groups in total. The van der Waals surface area contributed by atoms with Crippen LogP contribution in [0.3, 0.4) is 0 Å². The molecule has 0 radical (unpaired) electrons. The van der Waals surface area contributed by atoms with Crippen LogP contribution >= 0.6 is 46.1 Å². The van der Waals surface area contributed by atoms with Crippen molar-refractivity contribution in [2.75, 3.05) is 10.6 Å². The predicted octanol–water partition coefficient (Wildman–Crippen LogP) is 7.11. The molecule has 0 saturated carbocycles. The van der Waals surface area contributed by atoms with Crippen LogP contribution in [0.15, 0.2) is 91.3 Å². The summed E-state index contributed by atoms with van der Waals surface area (Å²) in [4.78, 5) is 27.9. The van der Waals surface area contributed by atoms with E-state index in [1.807, 2.05) is 47.8 Å². The van der Waals surface area contributed by atoms with Crippen LogP contribution in [0, 0.1) is 0 Å². The van der Waals surface area contributed by atoms with E-state index in [4.69, 9.17) is 34.8 Å². The Morgan fingerprint density at radius 3 is 2.56 bits per heavy atom. The van der Waals surface area contributed by atoms with E-state index in [1.54, 1.807) is 41.5 Å². The average molecular weight is 625 g/mol. The highest BCUT2D eigenvalue weighted by Gasteiger charge is 2.24. The Morgan fingerprint density at radius 1 is 0.976 bits per heavy atom. The third-order valence-electron chi connectivity index (χ3n) is 6.01. The molecule has 0 spiro atoms. The summed E-state index contributed by atoms with van der Waals surface area (Å²) in [5.74, 6) is 1.05. The molecule has 0 saturated heterocycles. The lowest BCUT2D eigenvalue weighted by Crippen LogP contribution is -2.40. The quantitative estimate of drug-likeness (QED) is 0.145. The van der Waals surface area contributed by atoms with Crippen LogP contribution in [0.2, 0.25) is 15.1 Å². The molecule has 5 aromatic rings. The number of thiophene rings is 1. The maximum Gasteiger partial charge on any atom is 0.247 e. The number of carbonyl (C=O) groups excluding carboxylic acids is 1. The normalized spacial score (nSPS) is 11.6. The number of rotatable bonds is 11. The van der Waals surface area contributed by atoms with Gasteiger partial charge in [0, 0.05) is 41.4 Å². The molecule has 0 aliphatic carbocycles. The number of nitrogens with one attached hydrogen (secondary N) is 3. The molecule has 0 bridgehead atoms. The molecule has 5 rings (SSSR count). The number of imidazole rings is 1. The number of aromatic nitrogens is 4. The summed E-state index contributed by atoms with van der Waals surface area (Å²) in [6, 6.07) is 17.5. The fraction of sp³-hybridized carbons (Fsp3) is 0.103. The van der Waals surface area contributed by atoms with Crippen LogP contribution in [0.25, 0.3) is 11.4 Å². The summed E-state index contributed by atoms with van der Waals surface area (Å²) in [6.45, 7) is 4.94. The van der Waals surface area contributed by atoms with Crippen molar-refractivity contribution in [1.29, 1.82) is 0 Å². The molecular weight excluding hydrogens is 601 g/mol. The molecule has 1 atom stereocenters. The van der Waals surface area contributed by atoms with Gasteiger partial charge in [0.15, 0.2) is 0 Å². The number of benzene rings is 2. The van der Waals surface area contributed by atoms with Gasteiger partial charge in [-0.3, -0.25) is 9.36 Å². The smallest absolute Gasteiger partial charge is 0.247 e. The molecule has 208 valence electrons. The Kier molecular flexibility index (Phi) is 9.21. The van der Waals surface area contributed by atoms with E-state index >= 15 is 0 Å². The fourth-order valence-corrected chi connectivity index (χ4v) is 5.21. The Bertz CT molecular complexity index is 1660. The monoisotopic (exact) mass is 623 g/mol. The van der Waals surface area contributed by atoms with Crippen LogP contribution in [-0.2, 0) is 17.9 Å². The van der Waals surface area contributed by atoms with Gasteiger partial charge in [0.2, 0.25) is 11.9 Å². The van der Waals surface area contributed by atoms with Crippen molar-refractivity contribution >= 4 is 69.4 Å². The highest BCUT2D eigenvalue weighted by molar-refractivity contribution is 7.11. The lowest BCUT2D eigenvalue weighted by Gasteiger charge is -2.21. The summed E-state index contributed by atoms with van der Waals surface area (Å²) < 4.78 is 1.75. The second-order valence-corrected chi connectivity index (χ2v) is 11.1. The van der Waals surface area contributed by atoms with Gasteiger partial charge in [0.05, 0.1) is 10.0 Å². The van der Waals surface area contributed by atoms with E-state index in [1.165, 1.54) is 11.3 Å². The molecule has 0 aliphatic heterocycles. The molecule has 12 heteroatoms. The fourth-order valence-electron chi connectivity index (χ4n) is 3.95. The van der Waals surface area contributed by atoms with Crippen molar-refractivity contribution in [2.24, 2.45) is 0 Å². The second-order valence-electron chi connectivity index (χ2n) is 8.93. The molecule has 0 fully saturated rings. The highest BCUT2D eigenvalue weighted by Crippen LogP contribution is 2.26. The molecule has 3 heterocycles. The first-order chi connectivity index (χ1) is 19.9. The Balaban J connectivity index is 1.41. The van der Waals surface area contributed by atoms with Crippen LogP contribution in [-0.4, -0.2) is 31.5 Å². The van der Waals surface area contributed by atoms with Gasteiger partial charge in [0.1, 0.15) is 24.0 Å². The molecule has 2 aromatic carbocycles. The van der Waals surface area contributed by atoms with Gasteiger partial charge in [-0.1, -0.05) is 65.6 Å². The second kappa shape index (κ2) is 13.2. The van der Waals surface area contributed by atoms with Crippen LogP contribution in [0.4, 0.5) is 11.8 Å². The van der Waals surface area contributed by atoms with Crippen molar-refractivity contribution in [1.82, 2.24) is 24.8 Å². The van der Waals surface area contributed by atoms with E-state index in [9.17, 15) is 4.79 Å². The molecule has 0 unspecified atom stereocenters. The van der Waals surface area contributed by atoms with Crippen molar-refractivity contribution in [3.05, 3.63) is 122 Å². The van der Waals surface area contributed by atoms with Gasteiger partial charge >= 0.3 is 0 Å².